The summed E-state index contributed by atoms with van der Waals surface area (Å²) in [6.07, 6.45) is 7.64. The first kappa shape index (κ1) is 13.5. The highest BCUT2D eigenvalue weighted by molar-refractivity contribution is 9.10. The molecule has 1 aromatic carbocycles. The molecule has 0 unspecified atom stereocenters. The highest BCUT2D eigenvalue weighted by Crippen LogP contribution is 2.41. The van der Waals surface area contributed by atoms with Gasteiger partial charge in [0.1, 0.15) is 5.82 Å². The van der Waals surface area contributed by atoms with E-state index in [-0.39, 0.29) is 5.82 Å². The summed E-state index contributed by atoms with van der Waals surface area (Å²) in [4.78, 5) is 0. The minimum atomic E-state index is -0.176. The average molecular weight is 364 g/mol. The van der Waals surface area contributed by atoms with E-state index in [1.807, 2.05) is 12.1 Å². The smallest absolute Gasteiger partial charge is 0.137 e. The van der Waals surface area contributed by atoms with Crippen molar-refractivity contribution < 1.29 is 4.39 Å². The Morgan fingerprint density at radius 3 is 2.47 bits per heavy atom. The molecule has 1 aliphatic carbocycles. The molecule has 1 aromatic rings. The Labute approximate surface area is 119 Å². The number of halogens is 3. The monoisotopic (exact) mass is 362 g/mol. The maximum absolute atomic E-state index is 13.2. The van der Waals surface area contributed by atoms with Gasteiger partial charge in [-0.2, -0.15) is 0 Å². The van der Waals surface area contributed by atoms with Crippen molar-refractivity contribution in [1.82, 2.24) is 0 Å². The minimum absolute atomic E-state index is 0.176. The molecule has 0 spiro atoms. The topological polar surface area (TPSA) is 0 Å². The van der Waals surface area contributed by atoms with Crippen LogP contribution >= 0.6 is 31.9 Å². The Kier molecular flexibility index (Phi) is 4.65. The molecule has 0 nitrogen and oxygen atoms in total. The van der Waals surface area contributed by atoms with Crippen molar-refractivity contribution in [2.75, 3.05) is 5.33 Å². The Hall–Kier alpha value is 0.110. The fraction of sp³-hybridized carbons (Fsp3) is 0.571. The fourth-order valence-corrected chi connectivity index (χ4v) is 3.93. The van der Waals surface area contributed by atoms with E-state index >= 15 is 0 Å². The minimum Gasteiger partial charge on any atom is -0.206 e. The first-order valence-corrected chi connectivity index (χ1v) is 8.07. The zero-order chi connectivity index (χ0) is 12.3. The molecule has 1 fully saturated rings. The maximum Gasteiger partial charge on any atom is 0.137 e. The molecule has 0 bridgehead atoms. The lowest BCUT2D eigenvalue weighted by Gasteiger charge is -2.36. The fourth-order valence-electron chi connectivity index (χ4n) is 2.74. The lowest BCUT2D eigenvalue weighted by atomic mass is 9.72. The second-order valence-corrected chi connectivity index (χ2v) is 6.53. The molecule has 0 aromatic heterocycles. The van der Waals surface area contributed by atoms with Gasteiger partial charge in [0, 0.05) is 5.33 Å². The van der Waals surface area contributed by atoms with Crippen molar-refractivity contribution in [2.24, 2.45) is 5.41 Å². The van der Waals surface area contributed by atoms with Gasteiger partial charge in [-0.25, -0.2) is 4.39 Å². The average Bonchev–Trinajstić information content (AvgIpc) is 2.35. The van der Waals surface area contributed by atoms with Crippen LogP contribution in [0.2, 0.25) is 0 Å². The second kappa shape index (κ2) is 5.83. The van der Waals surface area contributed by atoms with Gasteiger partial charge in [-0.05, 0) is 58.3 Å². The van der Waals surface area contributed by atoms with E-state index in [2.05, 4.69) is 31.9 Å². The van der Waals surface area contributed by atoms with Crippen molar-refractivity contribution in [1.29, 1.82) is 0 Å². The van der Waals surface area contributed by atoms with Crippen LogP contribution < -0.4 is 0 Å². The van der Waals surface area contributed by atoms with Gasteiger partial charge in [-0.15, -0.1) is 0 Å². The molecule has 1 aliphatic rings. The second-order valence-electron chi connectivity index (χ2n) is 5.12. The van der Waals surface area contributed by atoms with Gasteiger partial charge in [0.15, 0.2) is 0 Å². The third kappa shape index (κ3) is 3.31. The van der Waals surface area contributed by atoms with Crippen molar-refractivity contribution in [3.63, 3.8) is 0 Å². The van der Waals surface area contributed by atoms with Gasteiger partial charge in [0.05, 0.1) is 4.47 Å². The van der Waals surface area contributed by atoms with Crippen LogP contribution in [0.3, 0.4) is 0 Å². The van der Waals surface area contributed by atoms with Gasteiger partial charge >= 0.3 is 0 Å². The number of benzene rings is 1. The van der Waals surface area contributed by atoms with Crippen molar-refractivity contribution in [2.45, 2.75) is 38.5 Å². The largest absolute Gasteiger partial charge is 0.206 e. The lowest BCUT2D eigenvalue weighted by molar-refractivity contribution is 0.223. The van der Waals surface area contributed by atoms with E-state index < -0.39 is 0 Å². The van der Waals surface area contributed by atoms with Gasteiger partial charge in [0.2, 0.25) is 0 Å². The summed E-state index contributed by atoms with van der Waals surface area (Å²) >= 11 is 6.94. The quantitative estimate of drug-likeness (QED) is 0.624. The molecule has 17 heavy (non-hydrogen) atoms. The first-order valence-electron chi connectivity index (χ1n) is 6.15. The maximum atomic E-state index is 13.2. The highest BCUT2D eigenvalue weighted by Gasteiger charge is 2.31. The first-order chi connectivity index (χ1) is 8.15. The predicted molar refractivity (Wildman–Crippen MR) is 77.1 cm³/mol. The number of alkyl halides is 1. The molecular weight excluding hydrogens is 347 g/mol. The summed E-state index contributed by atoms with van der Waals surface area (Å²) in [5.41, 5.74) is 1.62. The lowest BCUT2D eigenvalue weighted by Crippen LogP contribution is -2.28. The Morgan fingerprint density at radius 2 is 1.88 bits per heavy atom. The molecule has 0 atom stereocenters. The number of hydrogen-bond donors (Lipinski definition) is 0. The normalized spacial score (nSPS) is 19.2. The van der Waals surface area contributed by atoms with Gasteiger partial charge in [0.25, 0.3) is 0 Å². The van der Waals surface area contributed by atoms with Crippen LogP contribution in [0.25, 0.3) is 0 Å². The highest BCUT2D eigenvalue weighted by atomic mass is 79.9. The predicted octanol–water partition coefficient (Wildman–Crippen LogP) is 5.48. The van der Waals surface area contributed by atoms with Crippen LogP contribution in [-0.4, -0.2) is 5.33 Å². The van der Waals surface area contributed by atoms with E-state index in [1.165, 1.54) is 37.7 Å². The summed E-state index contributed by atoms with van der Waals surface area (Å²) in [7, 11) is 0. The molecular formula is C14H17Br2F. The van der Waals surface area contributed by atoms with Crippen LogP contribution in [0.1, 0.15) is 37.7 Å². The zero-order valence-corrected chi connectivity index (χ0v) is 13.0. The molecule has 2 rings (SSSR count). The van der Waals surface area contributed by atoms with Crippen molar-refractivity contribution >= 4 is 31.9 Å². The summed E-state index contributed by atoms with van der Waals surface area (Å²) < 4.78 is 13.8. The van der Waals surface area contributed by atoms with Gasteiger partial charge in [-0.1, -0.05) is 41.3 Å². The van der Waals surface area contributed by atoms with Crippen molar-refractivity contribution in [3.8, 4) is 0 Å². The summed E-state index contributed by atoms with van der Waals surface area (Å²) in [6, 6.07) is 5.40. The molecule has 0 saturated heterocycles. The Balaban J connectivity index is 2.14. The third-order valence-electron chi connectivity index (χ3n) is 3.76. The molecule has 0 radical (unpaired) electrons. The van der Waals surface area contributed by atoms with Crippen LogP contribution in [-0.2, 0) is 6.42 Å². The zero-order valence-electron chi connectivity index (χ0n) is 9.82. The van der Waals surface area contributed by atoms with Crippen LogP contribution in [0.15, 0.2) is 22.7 Å². The molecule has 0 amide bonds. The summed E-state index contributed by atoms with van der Waals surface area (Å²) in [5, 5.41) is 1.05. The summed E-state index contributed by atoms with van der Waals surface area (Å²) in [5.74, 6) is -0.176. The van der Waals surface area contributed by atoms with Crippen LogP contribution in [0, 0.1) is 11.2 Å². The van der Waals surface area contributed by atoms with Crippen LogP contribution in [0.5, 0.6) is 0 Å². The van der Waals surface area contributed by atoms with E-state index in [0.29, 0.717) is 9.89 Å². The number of hydrogen-bond acceptors (Lipinski definition) is 0. The SMILES string of the molecule is Fc1ccc(CC2(CBr)CCCCC2)cc1Br. The van der Waals surface area contributed by atoms with E-state index in [1.54, 1.807) is 6.07 Å². The third-order valence-corrected chi connectivity index (χ3v) is 5.56. The molecule has 3 heteroatoms. The van der Waals surface area contributed by atoms with E-state index in [4.69, 9.17) is 0 Å². The Morgan fingerprint density at radius 1 is 1.18 bits per heavy atom. The summed E-state index contributed by atoms with van der Waals surface area (Å²) in [6.45, 7) is 0. The standard InChI is InChI=1S/C14H17Br2F/c15-10-14(6-2-1-3-7-14)9-11-4-5-13(17)12(16)8-11/h4-5,8H,1-3,6-7,9-10H2. The van der Waals surface area contributed by atoms with E-state index in [9.17, 15) is 4.39 Å². The van der Waals surface area contributed by atoms with E-state index in [0.717, 1.165) is 11.8 Å². The van der Waals surface area contributed by atoms with Gasteiger partial charge in [-0.3, -0.25) is 0 Å². The molecule has 0 heterocycles. The molecule has 94 valence electrons. The number of rotatable bonds is 3. The molecule has 0 aliphatic heterocycles. The van der Waals surface area contributed by atoms with Gasteiger partial charge < -0.3 is 0 Å². The van der Waals surface area contributed by atoms with Crippen LogP contribution in [0.4, 0.5) is 4.39 Å². The molecule has 0 N–H and O–H groups in total. The molecule has 1 saturated carbocycles. The Bertz CT molecular complexity index is 384. The van der Waals surface area contributed by atoms with Crippen molar-refractivity contribution in [3.05, 3.63) is 34.1 Å².